The van der Waals surface area contributed by atoms with E-state index in [4.69, 9.17) is 0 Å². The molecule has 0 saturated carbocycles. The number of aryl methyl sites for hydroxylation is 6. The van der Waals surface area contributed by atoms with Crippen LogP contribution in [0.3, 0.4) is 0 Å². The van der Waals surface area contributed by atoms with Crippen LogP contribution in [0.2, 0.25) is 0 Å². The van der Waals surface area contributed by atoms with Crippen molar-refractivity contribution in [1.82, 2.24) is 0 Å². The molecule has 0 amide bonds. The summed E-state index contributed by atoms with van der Waals surface area (Å²) in [6.07, 6.45) is 0. The Kier molecular flexibility index (Phi) is 8.57. The summed E-state index contributed by atoms with van der Waals surface area (Å²) < 4.78 is 0. The minimum absolute atomic E-state index is 1.33. The SMILES string of the molecule is Cc1ccc(C)cc1.Cc1cccc(C)c1.Cc1cccc(C)c1. The highest BCUT2D eigenvalue weighted by Crippen LogP contribution is 2.01. The third-order valence-corrected chi connectivity index (χ3v) is 3.57. The predicted molar refractivity (Wildman–Crippen MR) is 108 cm³/mol. The van der Waals surface area contributed by atoms with Gasteiger partial charge in [-0.1, -0.05) is 106 Å². The van der Waals surface area contributed by atoms with Gasteiger partial charge < -0.3 is 0 Å². The molecule has 3 aromatic carbocycles. The largest absolute Gasteiger partial charge is 0.0617 e. The third-order valence-electron chi connectivity index (χ3n) is 3.57. The summed E-state index contributed by atoms with van der Waals surface area (Å²) in [6, 6.07) is 25.4. The normalized spacial score (nSPS) is 9.25. The van der Waals surface area contributed by atoms with E-state index in [9.17, 15) is 0 Å². The fourth-order valence-electron chi connectivity index (χ4n) is 2.25. The van der Waals surface area contributed by atoms with Gasteiger partial charge in [-0.2, -0.15) is 0 Å². The minimum Gasteiger partial charge on any atom is -0.0617 e. The molecular weight excluding hydrogens is 288 g/mol. The van der Waals surface area contributed by atoms with Crippen LogP contribution in [-0.2, 0) is 0 Å². The highest BCUT2D eigenvalue weighted by atomic mass is 13.9. The van der Waals surface area contributed by atoms with Gasteiger partial charge in [0.25, 0.3) is 0 Å². The lowest BCUT2D eigenvalue weighted by Crippen LogP contribution is -1.71. The van der Waals surface area contributed by atoms with Crippen LogP contribution in [0.1, 0.15) is 33.4 Å². The van der Waals surface area contributed by atoms with E-state index in [-0.39, 0.29) is 0 Å². The molecule has 0 heterocycles. The summed E-state index contributed by atoms with van der Waals surface area (Å²) in [7, 11) is 0. The molecule has 24 heavy (non-hydrogen) atoms. The zero-order valence-electron chi connectivity index (χ0n) is 15.9. The molecule has 3 rings (SSSR count). The fourth-order valence-corrected chi connectivity index (χ4v) is 2.25. The van der Waals surface area contributed by atoms with Gasteiger partial charge in [-0.05, 0) is 41.5 Å². The molecule has 0 N–H and O–H groups in total. The zero-order chi connectivity index (χ0) is 17.9. The van der Waals surface area contributed by atoms with Crippen LogP contribution in [0.15, 0.2) is 72.8 Å². The fraction of sp³-hybridized carbons (Fsp3) is 0.250. The van der Waals surface area contributed by atoms with Crippen molar-refractivity contribution in [3.63, 3.8) is 0 Å². The number of rotatable bonds is 0. The summed E-state index contributed by atoms with van der Waals surface area (Å²) in [5.74, 6) is 0. The van der Waals surface area contributed by atoms with E-state index in [1.807, 2.05) is 0 Å². The molecule has 0 radical (unpaired) electrons. The van der Waals surface area contributed by atoms with E-state index < -0.39 is 0 Å². The average Bonchev–Trinajstić information content (AvgIpc) is 2.51. The van der Waals surface area contributed by atoms with Crippen LogP contribution in [0.5, 0.6) is 0 Å². The van der Waals surface area contributed by atoms with Gasteiger partial charge in [-0.3, -0.25) is 0 Å². The van der Waals surface area contributed by atoms with E-state index in [0.29, 0.717) is 0 Å². The van der Waals surface area contributed by atoms with Crippen LogP contribution in [-0.4, -0.2) is 0 Å². The Morgan fingerprint density at radius 3 is 0.750 bits per heavy atom. The number of hydrogen-bond donors (Lipinski definition) is 0. The second-order valence-electron chi connectivity index (χ2n) is 6.47. The molecule has 0 aliphatic rings. The lowest BCUT2D eigenvalue weighted by atomic mass is 10.2. The first-order valence-corrected chi connectivity index (χ1v) is 8.46. The Bertz CT molecular complexity index is 622. The van der Waals surface area contributed by atoms with Gasteiger partial charge in [-0.15, -0.1) is 0 Å². The van der Waals surface area contributed by atoms with Gasteiger partial charge in [-0.25, -0.2) is 0 Å². The Morgan fingerprint density at radius 1 is 0.333 bits per heavy atom. The zero-order valence-corrected chi connectivity index (χ0v) is 15.9. The van der Waals surface area contributed by atoms with Crippen LogP contribution >= 0.6 is 0 Å². The summed E-state index contributed by atoms with van der Waals surface area (Å²) in [5.41, 5.74) is 8.01. The van der Waals surface area contributed by atoms with Crippen LogP contribution in [0.25, 0.3) is 0 Å². The molecular formula is C24H30. The number of benzene rings is 3. The molecule has 0 bridgehead atoms. The summed E-state index contributed by atoms with van der Waals surface area (Å²) in [4.78, 5) is 0. The number of hydrogen-bond acceptors (Lipinski definition) is 0. The first kappa shape index (κ1) is 19.7. The standard InChI is InChI=1S/3C8H10/c1-7-3-5-8(2)6-4-7;2*1-7-4-3-5-8(2)6-7/h3*3-6H,1-2H3. The topological polar surface area (TPSA) is 0 Å². The molecule has 0 aliphatic carbocycles. The van der Waals surface area contributed by atoms with Gasteiger partial charge >= 0.3 is 0 Å². The quantitative estimate of drug-likeness (QED) is 0.422. The van der Waals surface area contributed by atoms with Gasteiger partial charge in [0, 0.05) is 0 Å². The van der Waals surface area contributed by atoms with E-state index in [2.05, 4.69) is 114 Å². The summed E-state index contributed by atoms with van der Waals surface area (Å²) >= 11 is 0. The molecule has 0 heteroatoms. The molecule has 0 spiro atoms. The van der Waals surface area contributed by atoms with E-state index >= 15 is 0 Å². The Labute approximate surface area is 148 Å². The van der Waals surface area contributed by atoms with Crippen molar-refractivity contribution in [2.45, 2.75) is 41.5 Å². The molecule has 0 aliphatic heterocycles. The molecule has 3 aromatic rings. The van der Waals surface area contributed by atoms with Gasteiger partial charge in [0.2, 0.25) is 0 Å². The maximum atomic E-state index is 2.17. The first-order chi connectivity index (χ1) is 11.4. The Balaban J connectivity index is 0.000000180. The van der Waals surface area contributed by atoms with Crippen molar-refractivity contribution >= 4 is 0 Å². The van der Waals surface area contributed by atoms with Crippen LogP contribution < -0.4 is 0 Å². The van der Waals surface area contributed by atoms with Crippen molar-refractivity contribution < 1.29 is 0 Å². The van der Waals surface area contributed by atoms with E-state index in [1.54, 1.807) is 0 Å². The lowest BCUT2D eigenvalue weighted by molar-refractivity contribution is 1.39. The maximum Gasteiger partial charge on any atom is -0.0398 e. The molecule has 0 atom stereocenters. The predicted octanol–water partition coefficient (Wildman–Crippen LogP) is 6.91. The summed E-state index contributed by atoms with van der Waals surface area (Å²) in [5, 5.41) is 0. The second kappa shape index (κ2) is 10.4. The van der Waals surface area contributed by atoms with Gasteiger partial charge in [0.15, 0.2) is 0 Å². The third kappa shape index (κ3) is 8.95. The maximum absolute atomic E-state index is 2.17. The smallest absolute Gasteiger partial charge is 0.0398 e. The Morgan fingerprint density at radius 2 is 0.583 bits per heavy atom. The molecule has 0 nitrogen and oxygen atoms in total. The Hall–Kier alpha value is -2.34. The van der Waals surface area contributed by atoms with Crippen molar-refractivity contribution in [3.05, 3.63) is 106 Å². The summed E-state index contributed by atoms with van der Waals surface area (Å²) in [6.45, 7) is 12.6. The molecule has 0 saturated heterocycles. The van der Waals surface area contributed by atoms with Crippen molar-refractivity contribution in [3.8, 4) is 0 Å². The van der Waals surface area contributed by atoms with Gasteiger partial charge in [0.1, 0.15) is 0 Å². The molecule has 0 unspecified atom stereocenters. The van der Waals surface area contributed by atoms with Crippen molar-refractivity contribution in [2.75, 3.05) is 0 Å². The average molecular weight is 319 g/mol. The van der Waals surface area contributed by atoms with E-state index in [0.717, 1.165) is 0 Å². The molecule has 0 fully saturated rings. The monoisotopic (exact) mass is 318 g/mol. The van der Waals surface area contributed by atoms with E-state index in [1.165, 1.54) is 33.4 Å². The van der Waals surface area contributed by atoms with Crippen LogP contribution in [0, 0.1) is 41.5 Å². The van der Waals surface area contributed by atoms with Crippen LogP contribution in [0.4, 0.5) is 0 Å². The second-order valence-corrected chi connectivity index (χ2v) is 6.47. The first-order valence-electron chi connectivity index (χ1n) is 8.46. The van der Waals surface area contributed by atoms with Crippen molar-refractivity contribution in [2.24, 2.45) is 0 Å². The van der Waals surface area contributed by atoms with Gasteiger partial charge in [0.05, 0.1) is 0 Å². The van der Waals surface area contributed by atoms with Crippen molar-refractivity contribution in [1.29, 1.82) is 0 Å². The molecule has 126 valence electrons. The highest BCUT2D eigenvalue weighted by Gasteiger charge is 1.81. The lowest BCUT2D eigenvalue weighted by Gasteiger charge is -1.90. The minimum atomic E-state index is 1.33. The highest BCUT2D eigenvalue weighted by molar-refractivity contribution is 5.21. The molecule has 0 aromatic heterocycles.